The lowest BCUT2D eigenvalue weighted by Crippen LogP contribution is -2.58. The fourth-order valence-electron chi connectivity index (χ4n) is 6.63. The Labute approximate surface area is 144 Å². The Hall–Kier alpha value is -1.59. The maximum absolute atomic E-state index is 13.9. The first kappa shape index (κ1) is 16.9. The molecule has 0 aromatic heterocycles. The van der Waals surface area contributed by atoms with Crippen LogP contribution in [0.25, 0.3) is 0 Å². The minimum atomic E-state index is -1.56. The number of benzene rings is 1. The van der Waals surface area contributed by atoms with Crippen LogP contribution in [0.15, 0.2) is 6.07 Å². The monoisotopic (exact) mass is 355 g/mol. The number of hydrogen-bond donors (Lipinski definition) is 1. The van der Waals surface area contributed by atoms with Gasteiger partial charge >= 0.3 is 0 Å². The van der Waals surface area contributed by atoms with Gasteiger partial charge in [0, 0.05) is 6.07 Å². The molecule has 0 aliphatic heterocycles. The van der Waals surface area contributed by atoms with Gasteiger partial charge in [0.15, 0.2) is 23.3 Å². The Balaban J connectivity index is 1.69. The highest BCUT2D eigenvalue weighted by molar-refractivity contribution is 5.96. The van der Waals surface area contributed by atoms with Gasteiger partial charge in [0.1, 0.15) is 5.69 Å². The number of halogens is 4. The molecule has 0 unspecified atom stereocenters. The van der Waals surface area contributed by atoms with Gasteiger partial charge < -0.3 is 5.32 Å². The first-order chi connectivity index (χ1) is 11.5. The fourth-order valence-corrected chi connectivity index (χ4v) is 6.63. The van der Waals surface area contributed by atoms with Crippen molar-refractivity contribution in [3.63, 3.8) is 0 Å². The summed E-state index contributed by atoms with van der Waals surface area (Å²) in [4.78, 5) is 13.0. The van der Waals surface area contributed by atoms with Crippen LogP contribution < -0.4 is 5.32 Å². The van der Waals surface area contributed by atoms with E-state index in [1.807, 2.05) is 0 Å². The van der Waals surface area contributed by atoms with Gasteiger partial charge in [0.05, 0.1) is 5.41 Å². The van der Waals surface area contributed by atoms with Gasteiger partial charge in [0.25, 0.3) is 0 Å². The molecule has 1 aromatic carbocycles. The van der Waals surface area contributed by atoms with Crippen molar-refractivity contribution in [2.45, 2.75) is 52.4 Å². The lowest BCUT2D eigenvalue weighted by atomic mass is 9.40. The lowest BCUT2D eigenvalue weighted by molar-refractivity contribution is -0.165. The summed E-state index contributed by atoms with van der Waals surface area (Å²) in [5, 5.41) is 2.18. The molecule has 0 heterocycles. The molecule has 136 valence electrons. The number of carbonyl (C=O) groups excluding carboxylic acids is 1. The molecule has 6 heteroatoms. The Morgan fingerprint density at radius 3 is 1.96 bits per heavy atom. The summed E-state index contributed by atoms with van der Waals surface area (Å²) in [5.74, 6) is -6.26. The molecule has 0 radical (unpaired) electrons. The summed E-state index contributed by atoms with van der Waals surface area (Å²) in [6.07, 6.45) is 5.15. The third-order valence-corrected chi connectivity index (χ3v) is 6.46. The van der Waals surface area contributed by atoms with Gasteiger partial charge in [-0.05, 0) is 55.3 Å². The molecule has 1 aromatic rings. The Bertz CT molecular complexity index is 733. The molecule has 4 aliphatic carbocycles. The SMILES string of the molecule is C[C@@]12CC3CC(C(=O)Nc4c(F)c(F)cc(F)c4F)(C1)C[C@@](C)(C3)C2. The molecule has 2 atom stereocenters. The molecular weight excluding hydrogens is 334 g/mol. The molecule has 0 saturated heterocycles. The van der Waals surface area contributed by atoms with Crippen LogP contribution in [0.5, 0.6) is 0 Å². The van der Waals surface area contributed by atoms with E-state index in [4.69, 9.17) is 0 Å². The quantitative estimate of drug-likeness (QED) is 0.575. The smallest absolute Gasteiger partial charge is 0.230 e. The zero-order valence-corrected chi connectivity index (χ0v) is 14.3. The number of hydrogen-bond acceptors (Lipinski definition) is 1. The van der Waals surface area contributed by atoms with E-state index in [1.165, 1.54) is 0 Å². The normalized spacial score (nSPS) is 38.9. The molecule has 4 aliphatic rings. The average Bonchev–Trinajstić information content (AvgIpc) is 2.45. The molecule has 1 amide bonds. The van der Waals surface area contributed by atoms with E-state index in [0.29, 0.717) is 25.2 Å². The molecule has 4 fully saturated rings. The van der Waals surface area contributed by atoms with Gasteiger partial charge in [-0.3, -0.25) is 4.79 Å². The van der Waals surface area contributed by atoms with Crippen LogP contribution in [0.2, 0.25) is 0 Å². The second kappa shape index (κ2) is 4.98. The van der Waals surface area contributed by atoms with Crippen molar-refractivity contribution < 1.29 is 22.4 Å². The van der Waals surface area contributed by atoms with E-state index in [-0.39, 0.29) is 16.9 Å². The summed E-state index contributed by atoms with van der Waals surface area (Å²) in [5.41, 5.74) is -1.66. The zero-order chi connectivity index (χ0) is 18.2. The Kier molecular flexibility index (Phi) is 3.36. The van der Waals surface area contributed by atoms with E-state index in [9.17, 15) is 22.4 Å². The molecule has 5 rings (SSSR count). The second-order valence-corrected chi connectivity index (χ2v) is 9.21. The predicted octanol–water partition coefficient (Wildman–Crippen LogP) is 5.18. The van der Waals surface area contributed by atoms with Crippen LogP contribution in [-0.2, 0) is 4.79 Å². The zero-order valence-electron chi connectivity index (χ0n) is 14.3. The topological polar surface area (TPSA) is 29.1 Å². The van der Waals surface area contributed by atoms with Gasteiger partial charge in [-0.15, -0.1) is 0 Å². The predicted molar refractivity (Wildman–Crippen MR) is 84.7 cm³/mol. The largest absolute Gasteiger partial charge is 0.321 e. The van der Waals surface area contributed by atoms with Crippen molar-refractivity contribution in [1.82, 2.24) is 0 Å². The summed E-state index contributed by atoms with van der Waals surface area (Å²) >= 11 is 0. The molecule has 4 saturated carbocycles. The van der Waals surface area contributed by atoms with E-state index in [1.54, 1.807) is 0 Å². The minimum Gasteiger partial charge on any atom is -0.321 e. The van der Waals surface area contributed by atoms with Crippen LogP contribution in [-0.4, -0.2) is 5.91 Å². The maximum Gasteiger partial charge on any atom is 0.230 e. The van der Waals surface area contributed by atoms with Crippen molar-refractivity contribution in [3.05, 3.63) is 29.3 Å². The molecule has 0 spiro atoms. The van der Waals surface area contributed by atoms with E-state index >= 15 is 0 Å². The first-order valence-corrected chi connectivity index (χ1v) is 8.69. The van der Waals surface area contributed by atoms with Crippen molar-refractivity contribution in [1.29, 1.82) is 0 Å². The third-order valence-electron chi connectivity index (χ3n) is 6.46. The highest BCUT2D eigenvalue weighted by atomic mass is 19.2. The van der Waals surface area contributed by atoms with Crippen molar-refractivity contribution >= 4 is 11.6 Å². The van der Waals surface area contributed by atoms with Crippen LogP contribution in [0.1, 0.15) is 52.4 Å². The second-order valence-electron chi connectivity index (χ2n) is 9.21. The van der Waals surface area contributed by atoms with Gasteiger partial charge in [-0.1, -0.05) is 13.8 Å². The Morgan fingerprint density at radius 1 is 0.960 bits per heavy atom. The Morgan fingerprint density at radius 2 is 1.48 bits per heavy atom. The molecular formula is C19H21F4NO. The van der Waals surface area contributed by atoms with Crippen molar-refractivity contribution in [2.24, 2.45) is 22.2 Å². The summed E-state index contributed by atoms with van der Waals surface area (Å²) < 4.78 is 54.7. The number of nitrogens with one attached hydrogen (secondary N) is 1. The fraction of sp³-hybridized carbons (Fsp3) is 0.632. The summed E-state index contributed by atoms with van der Waals surface area (Å²) in [6.45, 7) is 4.33. The van der Waals surface area contributed by atoms with E-state index < -0.39 is 40.3 Å². The van der Waals surface area contributed by atoms with Crippen LogP contribution in [0.4, 0.5) is 23.2 Å². The van der Waals surface area contributed by atoms with Crippen LogP contribution in [0, 0.1) is 45.4 Å². The number of anilines is 1. The lowest BCUT2D eigenvalue weighted by Gasteiger charge is -2.64. The first-order valence-electron chi connectivity index (χ1n) is 8.69. The van der Waals surface area contributed by atoms with Crippen LogP contribution in [0.3, 0.4) is 0 Å². The highest BCUT2D eigenvalue weighted by Gasteiger charge is 2.62. The van der Waals surface area contributed by atoms with Gasteiger partial charge in [0.2, 0.25) is 5.91 Å². The number of amides is 1. The number of rotatable bonds is 2. The van der Waals surface area contributed by atoms with E-state index in [2.05, 4.69) is 19.2 Å². The third kappa shape index (κ3) is 2.48. The molecule has 1 N–H and O–H groups in total. The van der Waals surface area contributed by atoms with Crippen molar-refractivity contribution in [2.75, 3.05) is 5.32 Å². The van der Waals surface area contributed by atoms with Crippen LogP contribution >= 0.6 is 0 Å². The number of carbonyl (C=O) groups is 1. The molecule has 2 nitrogen and oxygen atoms in total. The molecule has 4 bridgehead atoms. The average molecular weight is 355 g/mol. The highest BCUT2D eigenvalue weighted by Crippen LogP contribution is 2.69. The molecule has 25 heavy (non-hydrogen) atoms. The standard InChI is InChI=1S/C19H21F4NO/c1-17-4-10-5-18(2,7-17)9-19(6-10,8-17)16(25)24-15-13(22)11(20)3-12(21)14(15)23/h3,10H,4-9H2,1-2H3,(H,24,25)/t10?,17-,18-,19?/m0/s1. The van der Waals surface area contributed by atoms with Gasteiger partial charge in [-0.2, -0.15) is 0 Å². The minimum absolute atomic E-state index is 0.0375. The van der Waals surface area contributed by atoms with Gasteiger partial charge in [-0.25, -0.2) is 17.6 Å². The maximum atomic E-state index is 13.9. The summed E-state index contributed by atoms with van der Waals surface area (Å²) in [7, 11) is 0. The van der Waals surface area contributed by atoms with E-state index in [0.717, 1.165) is 19.3 Å². The van der Waals surface area contributed by atoms with Crippen molar-refractivity contribution in [3.8, 4) is 0 Å². The summed E-state index contributed by atoms with van der Waals surface area (Å²) in [6, 6.07) is 0.146.